The Kier molecular flexibility index (Phi) is 6.39. The first-order valence-electron chi connectivity index (χ1n) is 9.34. The first kappa shape index (κ1) is 23.2. The highest BCUT2D eigenvalue weighted by Crippen LogP contribution is 2.47. The van der Waals surface area contributed by atoms with Gasteiger partial charge in [-0.25, -0.2) is 0 Å². The number of carbonyl (C=O) groups excluding carboxylic acids is 2. The second-order valence-electron chi connectivity index (χ2n) is 7.11. The molecule has 4 rings (SSSR count). The van der Waals surface area contributed by atoms with Gasteiger partial charge in [-0.2, -0.15) is 14.6 Å². The molecule has 3 unspecified atom stereocenters. The fourth-order valence-corrected chi connectivity index (χ4v) is 6.62. The molecule has 176 valence electrons. The number of rotatable bonds is 8. The van der Waals surface area contributed by atoms with Crippen LogP contribution < -0.4 is 11.1 Å². The van der Waals surface area contributed by atoms with Crippen molar-refractivity contribution in [2.75, 3.05) is 25.1 Å². The van der Waals surface area contributed by atoms with Crippen LogP contribution in [0.2, 0.25) is 0 Å². The molecular formula is C15H18N10O5S3. The van der Waals surface area contributed by atoms with Crippen LogP contribution >= 0.6 is 35.1 Å². The van der Waals surface area contributed by atoms with Gasteiger partial charge in [0.15, 0.2) is 5.13 Å². The molecule has 2 aliphatic heterocycles. The van der Waals surface area contributed by atoms with Crippen LogP contribution in [0.4, 0.5) is 5.13 Å². The number of carbonyl (C=O) groups is 3. The number of aromatic nitrogens is 6. The van der Waals surface area contributed by atoms with Gasteiger partial charge >= 0.3 is 5.97 Å². The van der Waals surface area contributed by atoms with Crippen molar-refractivity contribution in [2.24, 2.45) is 10.6 Å². The molecule has 5 N–H and O–H groups in total. The van der Waals surface area contributed by atoms with Gasteiger partial charge in [-0.05, 0) is 5.21 Å². The zero-order valence-electron chi connectivity index (χ0n) is 17.2. The molecule has 4 atom stereocenters. The van der Waals surface area contributed by atoms with Crippen LogP contribution in [0.3, 0.4) is 0 Å². The van der Waals surface area contributed by atoms with E-state index in [2.05, 4.69) is 40.5 Å². The largest absolute Gasteiger partial charge is 0.481 e. The average Bonchev–Trinajstić information content (AvgIpc) is 3.46. The van der Waals surface area contributed by atoms with E-state index in [1.807, 2.05) is 0 Å². The second-order valence-corrected chi connectivity index (χ2v) is 10.3. The van der Waals surface area contributed by atoms with Gasteiger partial charge in [-0.1, -0.05) is 23.8 Å². The molecule has 0 aliphatic carbocycles. The number of carboxylic acid groups (broad SMARTS) is 1. The van der Waals surface area contributed by atoms with Crippen molar-refractivity contribution >= 4 is 63.7 Å². The van der Waals surface area contributed by atoms with E-state index in [-0.39, 0.29) is 29.0 Å². The topological polar surface area (TPSA) is 215 Å². The zero-order chi connectivity index (χ0) is 23.8. The lowest BCUT2D eigenvalue weighted by molar-refractivity contribution is -0.158. The van der Waals surface area contributed by atoms with E-state index in [9.17, 15) is 19.5 Å². The van der Waals surface area contributed by atoms with Crippen LogP contribution in [0, 0.1) is 5.41 Å². The van der Waals surface area contributed by atoms with E-state index in [0.29, 0.717) is 5.16 Å². The van der Waals surface area contributed by atoms with Gasteiger partial charge in [0, 0.05) is 29.1 Å². The normalized spacial score (nSPS) is 25.7. The van der Waals surface area contributed by atoms with Crippen molar-refractivity contribution in [3.63, 3.8) is 0 Å². The standard InChI is InChI=1S/C15H18N10O5S3/c1-5(32-14-19-23-24-20-14)15(12(28)29)3-25-10(27)7(11(25)31-4-15)17-9(26)6(21-30-2)8-18-13(16)33-22-8/h5,7,11H,3-4H2,1-2H3,(H,17,26)(H,28,29)(H2,16,18,22)(H,19,20,23,24)/t5?,7?,11-,15?/m1/s1. The number of H-pyrrole nitrogens is 1. The van der Waals surface area contributed by atoms with E-state index < -0.39 is 39.9 Å². The summed E-state index contributed by atoms with van der Waals surface area (Å²) in [5, 5.41) is 29.4. The summed E-state index contributed by atoms with van der Waals surface area (Å²) in [4.78, 5) is 47.9. The number of aliphatic carboxylic acids is 1. The minimum atomic E-state index is -1.23. The monoisotopic (exact) mass is 514 g/mol. The van der Waals surface area contributed by atoms with E-state index in [4.69, 9.17) is 10.6 Å². The van der Waals surface area contributed by atoms with Crippen LogP contribution in [0.25, 0.3) is 0 Å². The van der Waals surface area contributed by atoms with Crippen LogP contribution in [-0.2, 0) is 19.2 Å². The maximum Gasteiger partial charge on any atom is 0.313 e. The SMILES string of the molecule is CON=C(C(=O)NC1C(=O)N2CC(C(=O)O)(C(C)Sc3nn[nH]n3)CS[C@H]12)c1nsc(N)n1. The molecule has 18 heteroatoms. The Morgan fingerprint density at radius 3 is 2.91 bits per heavy atom. The quantitative estimate of drug-likeness (QED) is 0.139. The van der Waals surface area contributed by atoms with Gasteiger partial charge < -0.3 is 25.9 Å². The summed E-state index contributed by atoms with van der Waals surface area (Å²) in [6, 6.07) is -0.854. The van der Waals surface area contributed by atoms with Gasteiger partial charge in [0.05, 0.1) is 0 Å². The number of hydrogen-bond acceptors (Lipinski definition) is 14. The Hall–Kier alpha value is -2.99. The molecule has 33 heavy (non-hydrogen) atoms. The molecule has 4 heterocycles. The highest BCUT2D eigenvalue weighted by atomic mass is 32.2. The minimum absolute atomic E-state index is 0.0135. The number of nitrogens with zero attached hydrogens (tertiary/aromatic N) is 7. The number of amides is 2. The molecule has 2 aromatic heterocycles. The van der Waals surface area contributed by atoms with Gasteiger partial charge in [0.2, 0.25) is 22.6 Å². The predicted octanol–water partition coefficient (Wildman–Crippen LogP) is -1.36. The molecule has 0 saturated carbocycles. The lowest BCUT2D eigenvalue weighted by Gasteiger charge is -2.54. The highest BCUT2D eigenvalue weighted by Gasteiger charge is 2.59. The molecular weight excluding hydrogens is 496 g/mol. The van der Waals surface area contributed by atoms with Crippen molar-refractivity contribution in [2.45, 2.75) is 28.7 Å². The number of nitrogens with one attached hydrogen (secondary N) is 2. The number of β-lactam (4-membered cyclic amide) rings is 1. The van der Waals surface area contributed by atoms with Gasteiger partial charge in [-0.15, -0.1) is 22.0 Å². The molecule has 0 spiro atoms. The number of tetrazole rings is 1. The maximum atomic E-state index is 12.8. The Morgan fingerprint density at radius 2 is 2.30 bits per heavy atom. The van der Waals surface area contributed by atoms with E-state index in [0.717, 1.165) is 23.3 Å². The molecule has 2 aromatic rings. The fraction of sp³-hybridized carbons (Fsp3) is 0.533. The van der Waals surface area contributed by atoms with Crippen molar-refractivity contribution in [3.05, 3.63) is 5.82 Å². The number of fused-ring (bicyclic) bond motifs is 1. The number of thioether (sulfide) groups is 2. The Labute approximate surface area is 198 Å². The van der Waals surface area contributed by atoms with Crippen molar-refractivity contribution in [1.29, 1.82) is 0 Å². The number of anilines is 1. The lowest BCUT2D eigenvalue weighted by Crippen LogP contribution is -2.74. The van der Waals surface area contributed by atoms with Crippen molar-refractivity contribution < 1.29 is 24.3 Å². The first-order chi connectivity index (χ1) is 15.8. The Morgan fingerprint density at radius 1 is 1.52 bits per heavy atom. The lowest BCUT2D eigenvalue weighted by atomic mass is 9.84. The molecule has 0 bridgehead atoms. The number of nitrogen functional groups attached to an aromatic ring is 1. The number of nitrogens with two attached hydrogens (primary N) is 1. The summed E-state index contributed by atoms with van der Waals surface area (Å²) < 4.78 is 3.94. The smallest absolute Gasteiger partial charge is 0.313 e. The molecule has 0 radical (unpaired) electrons. The summed E-state index contributed by atoms with van der Waals surface area (Å²) in [5.74, 6) is -1.93. The van der Waals surface area contributed by atoms with Crippen molar-refractivity contribution in [3.8, 4) is 0 Å². The summed E-state index contributed by atoms with van der Waals surface area (Å²) in [5.41, 5.74) is 4.11. The Bertz CT molecular complexity index is 1090. The van der Waals surface area contributed by atoms with E-state index in [1.165, 1.54) is 23.8 Å². The van der Waals surface area contributed by atoms with Crippen LogP contribution in [0.15, 0.2) is 10.3 Å². The predicted molar refractivity (Wildman–Crippen MR) is 117 cm³/mol. The van der Waals surface area contributed by atoms with Crippen LogP contribution in [0.5, 0.6) is 0 Å². The minimum Gasteiger partial charge on any atom is -0.481 e. The number of aromatic amines is 1. The number of hydrogen-bond donors (Lipinski definition) is 4. The summed E-state index contributed by atoms with van der Waals surface area (Å²) in [7, 11) is 1.26. The molecule has 15 nitrogen and oxygen atoms in total. The molecule has 2 saturated heterocycles. The zero-order valence-corrected chi connectivity index (χ0v) is 19.6. The summed E-state index contributed by atoms with van der Waals surface area (Å²) in [6.07, 6.45) is 0. The molecule has 2 fully saturated rings. The third-order valence-electron chi connectivity index (χ3n) is 5.26. The summed E-state index contributed by atoms with van der Waals surface area (Å²) in [6.45, 7) is 1.74. The third-order valence-corrected chi connectivity index (χ3v) is 8.54. The summed E-state index contributed by atoms with van der Waals surface area (Å²) >= 11 is 3.33. The van der Waals surface area contributed by atoms with E-state index >= 15 is 0 Å². The van der Waals surface area contributed by atoms with Crippen LogP contribution in [0.1, 0.15) is 12.7 Å². The molecule has 0 aromatic carbocycles. The number of oxime groups is 1. The Balaban J connectivity index is 1.46. The van der Waals surface area contributed by atoms with Crippen molar-refractivity contribution in [1.82, 2.24) is 40.2 Å². The molecule has 2 amide bonds. The highest BCUT2D eigenvalue weighted by molar-refractivity contribution is 8.01. The van der Waals surface area contributed by atoms with Crippen LogP contribution in [-0.4, -0.2) is 99.6 Å². The van der Waals surface area contributed by atoms with Gasteiger partial charge in [-0.3, -0.25) is 14.4 Å². The molecule has 2 aliphatic rings. The van der Waals surface area contributed by atoms with E-state index in [1.54, 1.807) is 6.92 Å². The first-order valence-corrected chi connectivity index (χ1v) is 12.0. The maximum absolute atomic E-state index is 12.8. The second kappa shape index (κ2) is 9.10. The fourth-order valence-electron chi connectivity index (χ4n) is 3.43. The van der Waals surface area contributed by atoms with Gasteiger partial charge in [0.25, 0.3) is 5.91 Å². The van der Waals surface area contributed by atoms with Gasteiger partial charge in [0.1, 0.15) is 23.9 Å². The average molecular weight is 515 g/mol. The third kappa shape index (κ3) is 4.20. The number of carboxylic acids is 1.